The molecule has 0 aromatic heterocycles. The number of hydrogen-bond acceptors (Lipinski definition) is 5. The molecule has 0 saturated heterocycles. The van der Waals surface area contributed by atoms with Crippen LogP contribution in [0.1, 0.15) is 194 Å². The summed E-state index contributed by atoms with van der Waals surface area (Å²) in [6.07, 6.45) is 55.0. The van der Waals surface area contributed by atoms with Gasteiger partial charge < -0.3 is 20.3 Å². The molecule has 0 aliphatic heterocycles. The first-order valence-electron chi connectivity index (χ1n) is 22.9. The van der Waals surface area contributed by atoms with Crippen LogP contribution in [0.5, 0.6) is 0 Å². The molecule has 1 amide bonds. The second-order valence-corrected chi connectivity index (χ2v) is 15.2. The molecule has 0 aliphatic carbocycles. The second kappa shape index (κ2) is 43.2. The molecule has 6 heteroatoms. The summed E-state index contributed by atoms with van der Waals surface area (Å²) in [6, 6.07) is -0.728. The van der Waals surface area contributed by atoms with Crippen molar-refractivity contribution in [3.8, 4) is 0 Å². The number of aliphatic hydroxyl groups is 2. The van der Waals surface area contributed by atoms with Crippen LogP contribution in [0.15, 0.2) is 85.1 Å². The minimum absolute atomic E-state index is 0.0211. The summed E-state index contributed by atoms with van der Waals surface area (Å²) < 4.78 is 5.86. The van der Waals surface area contributed by atoms with E-state index in [1.807, 2.05) is 48.6 Å². The lowest BCUT2D eigenvalue weighted by Crippen LogP contribution is -2.46. The number of ether oxygens (including phenoxy) is 1. The van der Waals surface area contributed by atoms with Crippen molar-refractivity contribution < 1.29 is 24.5 Å². The zero-order chi connectivity index (χ0) is 41.0. The fourth-order valence-corrected chi connectivity index (χ4v) is 6.43. The highest BCUT2D eigenvalue weighted by molar-refractivity contribution is 5.77. The standard InChI is InChI=1S/C50H85NO5/c1-4-7-10-13-16-19-22-24-26-28-31-34-37-40-43-50(55)56-46(41-38-35-32-29-27-25-23-20-17-14-11-8-5-2)44-49(54)51-47(45-52)48(53)42-39-36-33-30-21-18-15-12-9-6-3/h7-8,10-11,14,16-17,19-20,23,25,27,29,32,46-48,52-53H,4-6,9,12-13,15,18,21-22,24,26,28,30-31,33-45H2,1-3H3,(H,51,54)/b10-7+,11-8+,17-14+,19-16+,23-20-,27-25-,32-29+. The van der Waals surface area contributed by atoms with Crippen LogP contribution in [0.3, 0.4) is 0 Å². The molecule has 3 atom stereocenters. The number of esters is 1. The molecule has 0 fully saturated rings. The maximum Gasteiger partial charge on any atom is 0.306 e. The Morgan fingerprint density at radius 1 is 0.554 bits per heavy atom. The zero-order valence-corrected chi connectivity index (χ0v) is 36.2. The number of nitrogens with one attached hydrogen (secondary N) is 1. The number of rotatable bonds is 39. The lowest BCUT2D eigenvalue weighted by molar-refractivity contribution is -0.151. The van der Waals surface area contributed by atoms with Gasteiger partial charge in [0.05, 0.1) is 25.2 Å². The van der Waals surface area contributed by atoms with Gasteiger partial charge in [-0.1, -0.05) is 202 Å². The van der Waals surface area contributed by atoms with Gasteiger partial charge in [0.1, 0.15) is 6.10 Å². The van der Waals surface area contributed by atoms with Crippen molar-refractivity contribution in [2.75, 3.05) is 6.61 Å². The highest BCUT2D eigenvalue weighted by Crippen LogP contribution is 2.16. The maximum atomic E-state index is 13.1. The van der Waals surface area contributed by atoms with Gasteiger partial charge in [0.2, 0.25) is 5.91 Å². The molecule has 0 bridgehead atoms. The van der Waals surface area contributed by atoms with Crippen molar-refractivity contribution in [1.82, 2.24) is 5.32 Å². The number of hydrogen-bond donors (Lipinski definition) is 3. The van der Waals surface area contributed by atoms with Crippen LogP contribution in [0.2, 0.25) is 0 Å². The predicted octanol–water partition coefficient (Wildman–Crippen LogP) is 13.2. The van der Waals surface area contributed by atoms with Crippen molar-refractivity contribution in [2.24, 2.45) is 0 Å². The van der Waals surface area contributed by atoms with Crippen molar-refractivity contribution >= 4 is 11.9 Å². The van der Waals surface area contributed by atoms with Gasteiger partial charge in [-0.3, -0.25) is 9.59 Å². The number of aliphatic hydroxyl groups excluding tert-OH is 2. The minimum atomic E-state index is -0.809. The second-order valence-electron chi connectivity index (χ2n) is 15.2. The number of amides is 1. The van der Waals surface area contributed by atoms with Crippen molar-refractivity contribution in [2.45, 2.75) is 212 Å². The highest BCUT2D eigenvalue weighted by atomic mass is 16.5. The molecular formula is C50H85NO5. The van der Waals surface area contributed by atoms with E-state index in [1.54, 1.807) is 0 Å². The molecule has 0 aliphatic rings. The first kappa shape index (κ1) is 53.0. The first-order valence-corrected chi connectivity index (χ1v) is 22.9. The van der Waals surface area contributed by atoms with Gasteiger partial charge in [0.15, 0.2) is 0 Å². The van der Waals surface area contributed by atoms with Crippen LogP contribution in [0.4, 0.5) is 0 Å². The average Bonchev–Trinajstić information content (AvgIpc) is 3.19. The van der Waals surface area contributed by atoms with Crippen LogP contribution in [-0.2, 0) is 14.3 Å². The number of carbonyl (C=O) groups excluding carboxylic acids is 2. The van der Waals surface area contributed by atoms with E-state index >= 15 is 0 Å². The smallest absolute Gasteiger partial charge is 0.306 e. The number of carbonyl (C=O) groups is 2. The Balaban J connectivity index is 4.75. The molecule has 0 aromatic rings. The molecular weight excluding hydrogens is 695 g/mol. The summed E-state index contributed by atoms with van der Waals surface area (Å²) in [5.41, 5.74) is 0. The van der Waals surface area contributed by atoms with Crippen LogP contribution in [0.25, 0.3) is 0 Å². The number of allylic oxidation sites excluding steroid dienone is 14. The van der Waals surface area contributed by atoms with E-state index in [0.717, 1.165) is 77.0 Å². The van der Waals surface area contributed by atoms with E-state index in [1.165, 1.54) is 70.6 Å². The van der Waals surface area contributed by atoms with Gasteiger partial charge in [0, 0.05) is 6.42 Å². The summed E-state index contributed by atoms with van der Waals surface area (Å²) in [5.74, 6) is -0.565. The van der Waals surface area contributed by atoms with Gasteiger partial charge in [-0.25, -0.2) is 0 Å². The Morgan fingerprint density at radius 3 is 1.68 bits per heavy atom. The largest absolute Gasteiger partial charge is 0.462 e. The van der Waals surface area contributed by atoms with Crippen LogP contribution in [0, 0.1) is 0 Å². The summed E-state index contributed by atoms with van der Waals surface area (Å²) in [5, 5.41) is 23.6. The van der Waals surface area contributed by atoms with Crippen LogP contribution >= 0.6 is 0 Å². The lowest BCUT2D eigenvalue weighted by atomic mass is 10.0. The molecule has 0 radical (unpaired) electrons. The lowest BCUT2D eigenvalue weighted by Gasteiger charge is -2.24. The molecule has 3 unspecified atom stereocenters. The Labute approximate surface area is 344 Å². The Bertz CT molecular complexity index is 1100. The molecule has 0 rings (SSSR count). The fourth-order valence-electron chi connectivity index (χ4n) is 6.43. The normalized spacial score (nSPS) is 14.2. The maximum absolute atomic E-state index is 13.1. The van der Waals surface area contributed by atoms with Gasteiger partial charge >= 0.3 is 5.97 Å². The number of unbranched alkanes of at least 4 members (excludes halogenated alkanes) is 17. The van der Waals surface area contributed by atoms with Crippen molar-refractivity contribution in [1.29, 1.82) is 0 Å². The first-order chi connectivity index (χ1) is 27.5. The molecule has 3 N–H and O–H groups in total. The molecule has 320 valence electrons. The average molecular weight is 780 g/mol. The highest BCUT2D eigenvalue weighted by Gasteiger charge is 2.24. The third-order valence-electron chi connectivity index (χ3n) is 9.85. The molecule has 0 heterocycles. The molecule has 56 heavy (non-hydrogen) atoms. The van der Waals surface area contributed by atoms with E-state index in [2.05, 4.69) is 62.5 Å². The molecule has 0 spiro atoms. The van der Waals surface area contributed by atoms with Crippen molar-refractivity contribution in [3.05, 3.63) is 85.1 Å². The third kappa shape index (κ3) is 37.9. The molecule has 0 saturated carbocycles. The quantitative estimate of drug-likeness (QED) is 0.0250. The van der Waals surface area contributed by atoms with E-state index < -0.39 is 18.2 Å². The van der Waals surface area contributed by atoms with Gasteiger partial charge in [-0.2, -0.15) is 0 Å². The van der Waals surface area contributed by atoms with Crippen molar-refractivity contribution in [3.63, 3.8) is 0 Å². The minimum Gasteiger partial charge on any atom is -0.462 e. The van der Waals surface area contributed by atoms with E-state index in [0.29, 0.717) is 19.3 Å². The Kier molecular flexibility index (Phi) is 40.9. The summed E-state index contributed by atoms with van der Waals surface area (Å²) >= 11 is 0. The van der Waals surface area contributed by atoms with Crippen LogP contribution < -0.4 is 5.32 Å². The summed E-state index contributed by atoms with van der Waals surface area (Å²) in [4.78, 5) is 26.0. The Hall–Kier alpha value is -2.96. The Morgan fingerprint density at radius 2 is 1.07 bits per heavy atom. The van der Waals surface area contributed by atoms with Gasteiger partial charge in [-0.15, -0.1) is 0 Å². The topological polar surface area (TPSA) is 95.9 Å². The van der Waals surface area contributed by atoms with E-state index in [-0.39, 0.29) is 24.9 Å². The predicted molar refractivity (Wildman–Crippen MR) is 241 cm³/mol. The molecule has 6 nitrogen and oxygen atoms in total. The zero-order valence-electron chi connectivity index (χ0n) is 36.2. The summed E-state index contributed by atoms with van der Waals surface area (Å²) in [7, 11) is 0. The van der Waals surface area contributed by atoms with E-state index in [9.17, 15) is 19.8 Å². The van der Waals surface area contributed by atoms with E-state index in [4.69, 9.17) is 4.74 Å². The van der Waals surface area contributed by atoms with Gasteiger partial charge in [0.25, 0.3) is 0 Å². The van der Waals surface area contributed by atoms with Gasteiger partial charge in [-0.05, 0) is 64.2 Å². The SMILES string of the molecule is CC/C=C/C=C/C=C\C=C/C=C/CCCC(CC(=O)NC(CO)C(O)CCCCCCCCCCCC)OC(=O)CCCCCCCCC/C=C/C/C=C/CC. The fraction of sp³-hybridized carbons (Fsp3) is 0.680. The molecule has 0 aromatic carbocycles. The monoisotopic (exact) mass is 780 g/mol. The third-order valence-corrected chi connectivity index (χ3v) is 9.85. The summed E-state index contributed by atoms with van der Waals surface area (Å²) in [6.45, 7) is 6.17. The van der Waals surface area contributed by atoms with Crippen LogP contribution in [-0.4, -0.2) is 46.9 Å².